The van der Waals surface area contributed by atoms with Crippen LogP contribution in [-0.2, 0) is 11.2 Å². The topological polar surface area (TPSA) is 49.6 Å². The van der Waals surface area contributed by atoms with Crippen LogP contribution in [0.2, 0.25) is 0 Å². The summed E-state index contributed by atoms with van der Waals surface area (Å²) in [6, 6.07) is 5.92. The molecule has 0 atom stereocenters. The summed E-state index contributed by atoms with van der Waals surface area (Å²) in [5, 5.41) is 5.00. The molecule has 5 heteroatoms. The molecule has 1 aromatic carbocycles. The SMILES string of the molecule is Cc1ccc2onc(CC(=O)N3CCN(C)CC3)c2c1. The average Bonchev–Trinajstić information content (AvgIpc) is 2.82. The fourth-order valence-electron chi connectivity index (χ4n) is 2.54. The summed E-state index contributed by atoms with van der Waals surface area (Å²) in [4.78, 5) is 16.5. The molecule has 0 spiro atoms. The second-order valence-corrected chi connectivity index (χ2v) is 5.49. The Kier molecular flexibility index (Phi) is 3.44. The van der Waals surface area contributed by atoms with Crippen LogP contribution in [0.25, 0.3) is 11.0 Å². The maximum Gasteiger partial charge on any atom is 0.228 e. The lowest BCUT2D eigenvalue weighted by Crippen LogP contribution is -2.47. The van der Waals surface area contributed by atoms with E-state index in [1.165, 1.54) is 0 Å². The van der Waals surface area contributed by atoms with Gasteiger partial charge in [0.2, 0.25) is 5.91 Å². The fourth-order valence-corrected chi connectivity index (χ4v) is 2.54. The zero-order chi connectivity index (χ0) is 14.1. The molecule has 1 fully saturated rings. The number of aryl methyl sites for hydroxylation is 1. The van der Waals surface area contributed by atoms with Gasteiger partial charge in [0.15, 0.2) is 5.58 Å². The predicted octanol–water partition coefficient (Wildman–Crippen LogP) is 1.45. The third-order valence-corrected chi connectivity index (χ3v) is 3.87. The number of nitrogens with zero attached hydrogens (tertiary/aromatic N) is 3. The van der Waals surface area contributed by atoms with Crippen LogP contribution in [0, 0.1) is 6.92 Å². The van der Waals surface area contributed by atoms with E-state index in [0.717, 1.165) is 48.4 Å². The number of carbonyl (C=O) groups is 1. The van der Waals surface area contributed by atoms with Gasteiger partial charge in [0, 0.05) is 31.6 Å². The van der Waals surface area contributed by atoms with Crippen molar-refractivity contribution in [2.45, 2.75) is 13.3 Å². The van der Waals surface area contributed by atoms with Crippen molar-refractivity contribution in [2.75, 3.05) is 33.2 Å². The Bertz CT molecular complexity index is 627. The van der Waals surface area contributed by atoms with Crippen LogP contribution in [0.3, 0.4) is 0 Å². The quantitative estimate of drug-likeness (QED) is 0.831. The van der Waals surface area contributed by atoms with Crippen LogP contribution in [0.1, 0.15) is 11.3 Å². The largest absolute Gasteiger partial charge is 0.356 e. The van der Waals surface area contributed by atoms with E-state index >= 15 is 0 Å². The Morgan fingerprint density at radius 3 is 2.80 bits per heavy atom. The van der Waals surface area contributed by atoms with Gasteiger partial charge >= 0.3 is 0 Å². The Morgan fingerprint density at radius 1 is 1.30 bits per heavy atom. The molecule has 5 nitrogen and oxygen atoms in total. The number of piperazine rings is 1. The third-order valence-electron chi connectivity index (χ3n) is 3.87. The van der Waals surface area contributed by atoms with Crippen molar-refractivity contribution in [2.24, 2.45) is 0 Å². The molecule has 2 aromatic rings. The van der Waals surface area contributed by atoms with Gasteiger partial charge in [0.1, 0.15) is 5.69 Å². The van der Waals surface area contributed by atoms with E-state index in [4.69, 9.17) is 4.52 Å². The van der Waals surface area contributed by atoms with E-state index in [1.807, 2.05) is 30.0 Å². The number of carbonyl (C=O) groups excluding carboxylic acids is 1. The highest BCUT2D eigenvalue weighted by Gasteiger charge is 2.21. The van der Waals surface area contributed by atoms with Gasteiger partial charge in [-0.1, -0.05) is 16.8 Å². The number of aromatic nitrogens is 1. The van der Waals surface area contributed by atoms with Crippen molar-refractivity contribution >= 4 is 16.9 Å². The van der Waals surface area contributed by atoms with Gasteiger partial charge in [0.05, 0.1) is 6.42 Å². The first-order chi connectivity index (χ1) is 9.63. The number of amides is 1. The van der Waals surface area contributed by atoms with E-state index in [1.54, 1.807) is 0 Å². The Morgan fingerprint density at radius 2 is 2.05 bits per heavy atom. The summed E-state index contributed by atoms with van der Waals surface area (Å²) in [5.41, 5.74) is 2.64. The number of benzene rings is 1. The highest BCUT2D eigenvalue weighted by molar-refractivity contribution is 5.86. The Hall–Kier alpha value is -1.88. The van der Waals surface area contributed by atoms with Crippen molar-refractivity contribution in [1.82, 2.24) is 15.0 Å². The van der Waals surface area contributed by atoms with Crippen molar-refractivity contribution in [3.8, 4) is 0 Å². The van der Waals surface area contributed by atoms with E-state index < -0.39 is 0 Å². The molecule has 1 aliphatic heterocycles. The second-order valence-electron chi connectivity index (χ2n) is 5.49. The molecule has 20 heavy (non-hydrogen) atoms. The molecule has 0 saturated carbocycles. The van der Waals surface area contributed by atoms with E-state index in [9.17, 15) is 4.79 Å². The average molecular weight is 273 g/mol. The van der Waals surface area contributed by atoms with Gasteiger partial charge in [-0.25, -0.2) is 0 Å². The number of fused-ring (bicyclic) bond motifs is 1. The molecule has 1 aromatic heterocycles. The van der Waals surface area contributed by atoms with Gasteiger partial charge in [-0.15, -0.1) is 0 Å². The van der Waals surface area contributed by atoms with Gasteiger partial charge < -0.3 is 14.3 Å². The van der Waals surface area contributed by atoms with E-state index in [0.29, 0.717) is 6.42 Å². The standard InChI is InChI=1S/C15H19N3O2/c1-11-3-4-14-12(9-11)13(16-20-14)10-15(19)18-7-5-17(2)6-8-18/h3-4,9H,5-8,10H2,1-2H3. The monoisotopic (exact) mass is 273 g/mol. The predicted molar refractivity (Wildman–Crippen MR) is 76.5 cm³/mol. The Balaban J connectivity index is 1.76. The minimum Gasteiger partial charge on any atom is -0.356 e. The highest BCUT2D eigenvalue weighted by atomic mass is 16.5. The molecule has 0 aliphatic carbocycles. The molecule has 1 aliphatic rings. The van der Waals surface area contributed by atoms with Crippen LogP contribution in [-0.4, -0.2) is 54.1 Å². The summed E-state index contributed by atoms with van der Waals surface area (Å²) < 4.78 is 5.28. The summed E-state index contributed by atoms with van der Waals surface area (Å²) in [6.45, 7) is 5.49. The fraction of sp³-hybridized carbons (Fsp3) is 0.467. The summed E-state index contributed by atoms with van der Waals surface area (Å²) in [6.07, 6.45) is 0.320. The summed E-state index contributed by atoms with van der Waals surface area (Å²) >= 11 is 0. The highest BCUT2D eigenvalue weighted by Crippen LogP contribution is 2.20. The molecular formula is C15H19N3O2. The molecular weight excluding hydrogens is 254 g/mol. The minimum atomic E-state index is 0.134. The third kappa shape index (κ3) is 2.54. The zero-order valence-corrected chi connectivity index (χ0v) is 11.9. The lowest BCUT2D eigenvalue weighted by atomic mass is 10.1. The van der Waals surface area contributed by atoms with Crippen molar-refractivity contribution in [3.63, 3.8) is 0 Å². The van der Waals surface area contributed by atoms with Gasteiger partial charge in [-0.3, -0.25) is 4.79 Å². The van der Waals surface area contributed by atoms with Gasteiger partial charge in [0.25, 0.3) is 0 Å². The molecule has 0 bridgehead atoms. The number of rotatable bonds is 2. The second kappa shape index (κ2) is 5.25. The van der Waals surface area contributed by atoms with Crippen LogP contribution in [0.15, 0.2) is 22.7 Å². The molecule has 0 radical (unpaired) electrons. The molecule has 1 saturated heterocycles. The maximum absolute atomic E-state index is 12.3. The van der Waals surface area contributed by atoms with Crippen LogP contribution in [0.5, 0.6) is 0 Å². The Labute approximate surface area is 118 Å². The molecule has 3 rings (SSSR count). The van der Waals surface area contributed by atoms with Crippen molar-refractivity contribution in [1.29, 1.82) is 0 Å². The first-order valence-corrected chi connectivity index (χ1v) is 6.95. The number of hydrogen-bond acceptors (Lipinski definition) is 4. The van der Waals surface area contributed by atoms with Gasteiger partial charge in [-0.2, -0.15) is 0 Å². The molecule has 0 unspecified atom stereocenters. The molecule has 0 N–H and O–H groups in total. The van der Waals surface area contributed by atoms with Crippen LogP contribution in [0.4, 0.5) is 0 Å². The molecule has 1 amide bonds. The number of likely N-dealkylation sites (N-methyl/N-ethyl adjacent to an activating group) is 1. The smallest absolute Gasteiger partial charge is 0.228 e. The van der Waals surface area contributed by atoms with E-state index in [-0.39, 0.29) is 5.91 Å². The normalized spacial score (nSPS) is 16.8. The maximum atomic E-state index is 12.3. The van der Waals surface area contributed by atoms with Crippen molar-refractivity contribution in [3.05, 3.63) is 29.5 Å². The zero-order valence-electron chi connectivity index (χ0n) is 11.9. The number of hydrogen-bond donors (Lipinski definition) is 0. The first-order valence-electron chi connectivity index (χ1n) is 6.95. The lowest BCUT2D eigenvalue weighted by molar-refractivity contribution is -0.132. The summed E-state index contributed by atoms with van der Waals surface area (Å²) in [5.74, 6) is 0.134. The van der Waals surface area contributed by atoms with E-state index in [2.05, 4.69) is 17.1 Å². The first kappa shape index (κ1) is 13.1. The molecule has 106 valence electrons. The van der Waals surface area contributed by atoms with Gasteiger partial charge in [-0.05, 0) is 26.1 Å². The van der Waals surface area contributed by atoms with Crippen LogP contribution < -0.4 is 0 Å². The van der Waals surface area contributed by atoms with Crippen LogP contribution >= 0.6 is 0 Å². The van der Waals surface area contributed by atoms with Crippen molar-refractivity contribution < 1.29 is 9.32 Å². The minimum absolute atomic E-state index is 0.134. The lowest BCUT2D eigenvalue weighted by Gasteiger charge is -2.32. The molecule has 2 heterocycles. The summed E-state index contributed by atoms with van der Waals surface area (Å²) in [7, 11) is 2.08.